The minimum atomic E-state index is -0.0196. The fraction of sp³-hybridized carbons (Fsp3) is 0.500. The van der Waals surface area contributed by atoms with E-state index in [9.17, 15) is 4.79 Å². The lowest BCUT2D eigenvalue weighted by Crippen LogP contribution is -2.38. The molecule has 0 aromatic heterocycles. The summed E-state index contributed by atoms with van der Waals surface area (Å²) >= 11 is 12.0. The molecule has 0 saturated heterocycles. The molecule has 0 bridgehead atoms. The van der Waals surface area contributed by atoms with Crippen LogP contribution in [0.1, 0.15) is 31.2 Å². The first kappa shape index (κ1) is 13.9. The maximum Gasteiger partial charge on any atom is 0.141 e. The van der Waals surface area contributed by atoms with Crippen LogP contribution >= 0.6 is 23.2 Å². The lowest BCUT2D eigenvalue weighted by molar-refractivity contribution is -0.123. The van der Waals surface area contributed by atoms with Crippen molar-refractivity contribution in [2.24, 2.45) is 11.7 Å². The molecule has 2 N–H and O–H groups in total. The quantitative estimate of drug-likeness (QED) is 0.922. The van der Waals surface area contributed by atoms with Gasteiger partial charge in [0.05, 0.1) is 0 Å². The fourth-order valence-corrected chi connectivity index (χ4v) is 2.94. The first-order valence-electron chi connectivity index (χ1n) is 6.30. The van der Waals surface area contributed by atoms with Crippen LogP contribution in [0.5, 0.6) is 0 Å². The van der Waals surface area contributed by atoms with Gasteiger partial charge in [0.25, 0.3) is 0 Å². The summed E-state index contributed by atoms with van der Waals surface area (Å²) in [4.78, 5) is 12.3. The molecule has 1 aliphatic rings. The molecule has 0 amide bonds. The van der Waals surface area contributed by atoms with E-state index in [-0.39, 0.29) is 17.7 Å². The van der Waals surface area contributed by atoms with Gasteiger partial charge in [-0.1, -0.05) is 36.0 Å². The number of Topliss-reactive ketones (excluding diaryl/α,β-unsaturated/α-hetero) is 1. The number of nitrogens with two attached hydrogens (primary N) is 1. The predicted molar refractivity (Wildman–Crippen MR) is 75.1 cm³/mol. The SMILES string of the molecule is NC1CCCCC1C(=O)Cc1cc(Cl)ccc1Cl. The van der Waals surface area contributed by atoms with Crippen molar-refractivity contribution in [2.45, 2.75) is 38.1 Å². The second kappa shape index (κ2) is 6.05. The summed E-state index contributed by atoms with van der Waals surface area (Å²) < 4.78 is 0. The number of hydrogen-bond acceptors (Lipinski definition) is 2. The molecule has 0 heterocycles. The van der Waals surface area contributed by atoms with Crippen LogP contribution in [0.2, 0.25) is 10.0 Å². The van der Waals surface area contributed by atoms with Crippen molar-refractivity contribution in [1.29, 1.82) is 0 Å². The molecular formula is C14H17Cl2NO. The maximum atomic E-state index is 12.3. The first-order valence-corrected chi connectivity index (χ1v) is 7.05. The average molecular weight is 286 g/mol. The van der Waals surface area contributed by atoms with E-state index in [4.69, 9.17) is 28.9 Å². The number of rotatable bonds is 3. The largest absolute Gasteiger partial charge is 0.327 e. The topological polar surface area (TPSA) is 43.1 Å². The van der Waals surface area contributed by atoms with Gasteiger partial charge in [0.15, 0.2) is 0 Å². The van der Waals surface area contributed by atoms with E-state index >= 15 is 0 Å². The Kier molecular flexibility index (Phi) is 4.66. The van der Waals surface area contributed by atoms with Gasteiger partial charge in [-0.25, -0.2) is 0 Å². The Morgan fingerprint density at radius 1 is 1.28 bits per heavy atom. The summed E-state index contributed by atoms with van der Waals surface area (Å²) in [5.41, 5.74) is 6.82. The minimum absolute atomic E-state index is 0.00390. The van der Waals surface area contributed by atoms with Gasteiger partial charge in [-0.2, -0.15) is 0 Å². The van der Waals surface area contributed by atoms with Crippen LogP contribution in [-0.2, 0) is 11.2 Å². The molecule has 1 fully saturated rings. The van der Waals surface area contributed by atoms with Crippen molar-refractivity contribution in [3.63, 3.8) is 0 Å². The van der Waals surface area contributed by atoms with Crippen molar-refractivity contribution in [3.05, 3.63) is 33.8 Å². The summed E-state index contributed by atoms with van der Waals surface area (Å²) in [6, 6.07) is 5.22. The van der Waals surface area contributed by atoms with E-state index in [1.807, 2.05) is 0 Å². The van der Waals surface area contributed by atoms with Crippen molar-refractivity contribution in [1.82, 2.24) is 0 Å². The zero-order valence-electron chi connectivity index (χ0n) is 10.2. The van der Waals surface area contributed by atoms with Gasteiger partial charge in [0.1, 0.15) is 5.78 Å². The number of hydrogen-bond donors (Lipinski definition) is 1. The molecule has 1 aromatic rings. The molecular weight excluding hydrogens is 269 g/mol. The number of ketones is 1. The van der Waals surface area contributed by atoms with Crippen molar-refractivity contribution in [3.8, 4) is 0 Å². The third-order valence-corrected chi connectivity index (χ3v) is 4.21. The molecule has 4 heteroatoms. The van der Waals surface area contributed by atoms with Gasteiger partial charge in [0.2, 0.25) is 0 Å². The monoisotopic (exact) mass is 285 g/mol. The third-order valence-electron chi connectivity index (χ3n) is 3.61. The van der Waals surface area contributed by atoms with Gasteiger partial charge in [-0.3, -0.25) is 4.79 Å². The normalized spacial score (nSPS) is 23.9. The lowest BCUT2D eigenvalue weighted by atomic mass is 9.81. The molecule has 0 radical (unpaired) electrons. The van der Waals surface area contributed by atoms with Crippen LogP contribution in [0, 0.1) is 5.92 Å². The zero-order chi connectivity index (χ0) is 13.1. The van der Waals surface area contributed by atoms with E-state index in [1.54, 1.807) is 18.2 Å². The number of halogens is 2. The van der Waals surface area contributed by atoms with Gasteiger partial charge in [-0.15, -0.1) is 0 Å². The van der Waals surface area contributed by atoms with Gasteiger partial charge >= 0.3 is 0 Å². The summed E-state index contributed by atoms with van der Waals surface area (Å²) in [5.74, 6) is 0.167. The van der Waals surface area contributed by atoms with Crippen LogP contribution in [0.25, 0.3) is 0 Å². The Hall–Kier alpha value is -0.570. The summed E-state index contributed by atoms with van der Waals surface area (Å²) in [7, 11) is 0. The molecule has 2 rings (SSSR count). The first-order chi connectivity index (χ1) is 8.58. The molecule has 2 unspecified atom stereocenters. The number of carbonyl (C=O) groups excluding carboxylic acids is 1. The average Bonchev–Trinajstić information content (AvgIpc) is 2.34. The molecule has 0 spiro atoms. The summed E-state index contributed by atoms with van der Waals surface area (Å²) in [6.45, 7) is 0. The molecule has 2 atom stereocenters. The minimum Gasteiger partial charge on any atom is -0.327 e. The second-order valence-electron chi connectivity index (χ2n) is 4.93. The van der Waals surface area contributed by atoms with E-state index in [0.717, 1.165) is 31.2 Å². The fourth-order valence-electron chi connectivity index (χ4n) is 2.56. The molecule has 2 nitrogen and oxygen atoms in total. The Labute approximate surface area is 117 Å². The van der Waals surface area contributed by atoms with Crippen molar-refractivity contribution >= 4 is 29.0 Å². The van der Waals surface area contributed by atoms with Crippen LogP contribution in [-0.4, -0.2) is 11.8 Å². The summed E-state index contributed by atoms with van der Waals surface area (Å²) in [5, 5.41) is 1.20. The standard InChI is InChI=1S/C14H17Cl2NO/c15-10-5-6-12(16)9(7-10)8-14(18)11-3-1-2-4-13(11)17/h5-7,11,13H,1-4,8,17H2. The van der Waals surface area contributed by atoms with Crippen molar-refractivity contribution in [2.75, 3.05) is 0 Å². The van der Waals surface area contributed by atoms with Gasteiger partial charge in [-0.05, 0) is 36.6 Å². The van der Waals surface area contributed by atoms with E-state index in [2.05, 4.69) is 0 Å². The third kappa shape index (κ3) is 3.25. The van der Waals surface area contributed by atoms with E-state index in [0.29, 0.717) is 16.5 Å². The highest BCUT2D eigenvalue weighted by molar-refractivity contribution is 6.33. The van der Waals surface area contributed by atoms with Gasteiger partial charge < -0.3 is 5.73 Å². The highest BCUT2D eigenvalue weighted by Gasteiger charge is 2.28. The molecule has 1 saturated carbocycles. The Morgan fingerprint density at radius 3 is 2.72 bits per heavy atom. The Bertz CT molecular complexity index is 447. The smallest absolute Gasteiger partial charge is 0.141 e. The Morgan fingerprint density at radius 2 is 2.00 bits per heavy atom. The highest BCUT2D eigenvalue weighted by Crippen LogP contribution is 2.27. The molecule has 98 valence electrons. The summed E-state index contributed by atoms with van der Waals surface area (Å²) in [6.07, 6.45) is 4.39. The molecule has 0 aliphatic heterocycles. The predicted octanol–water partition coefficient (Wildman–Crippen LogP) is 3.62. The van der Waals surface area contributed by atoms with E-state index < -0.39 is 0 Å². The number of benzene rings is 1. The maximum absolute atomic E-state index is 12.3. The van der Waals surface area contributed by atoms with Crippen LogP contribution in [0.4, 0.5) is 0 Å². The molecule has 1 aliphatic carbocycles. The van der Waals surface area contributed by atoms with Crippen LogP contribution in [0.3, 0.4) is 0 Å². The van der Waals surface area contributed by atoms with Crippen LogP contribution in [0.15, 0.2) is 18.2 Å². The van der Waals surface area contributed by atoms with Crippen molar-refractivity contribution < 1.29 is 4.79 Å². The number of carbonyl (C=O) groups is 1. The Balaban J connectivity index is 2.08. The molecule has 18 heavy (non-hydrogen) atoms. The zero-order valence-corrected chi connectivity index (χ0v) is 11.7. The van der Waals surface area contributed by atoms with E-state index in [1.165, 1.54) is 0 Å². The second-order valence-corrected chi connectivity index (χ2v) is 5.78. The lowest BCUT2D eigenvalue weighted by Gasteiger charge is -2.27. The highest BCUT2D eigenvalue weighted by atomic mass is 35.5. The molecule has 1 aromatic carbocycles. The van der Waals surface area contributed by atoms with Gasteiger partial charge in [0, 0.05) is 28.4 Å². The van der Waals surface area contributed by atoms with Crippen LogP contribution < -0.4 is 5.73 Å².